The second-order valence-corrected chi connectivity index (χ2v) is 9.09. The second-order valence-electron chi connectivity index (χ2n) is 8.18. The van der Waals surface area contributed by atoms with Gasteiger partial charge in [0.25, 0.3) is 0 Å². The van der Waals surface area contributed by atoms with E-state index in [4.69, 9.17) is 0 Å². The lowest BCUT2D eigenvalue weighted by Crippen LogP contribution is -2.55. The summed E-state index contributed by atoms with van der Waals surface area (Å²) in [6.45, 7) is 9.16. The predicted molar refractivity (Wildman–Crippen MR) is 136 cm³/mol. The molecule has 2 heteroatoms. The molecule has 0 aliphatic heterocycles. The van der Waals surface area contributed by atoms with Crippen molar-refractivity contribution < 1.29 is 0 Å². The molecule has 0 nitrogen and oxygen atoms in total. The SMILES string of the molecule is Cc1cccc(C)c1B(c1cccc(-c2ccc(Br)cc2)c1)c1c(C)cccc1C. The van der Waals surface area contributed by atoms with Gasteiger partial charge in [0, 0.05) is 4.47 Å². The van der Waals surface area contributed by atoms with Crippen LogP contribution in [-0.2, 0) is 0 Å². The highest BCUT2D eigenvalue weighted by Crippen LogP contribution is 2.21. The van der Waals surface area contributed by atoms with Gasteiger partial charge in [-0.05, 0) is 51.0 Å². The molecule has 0 radical (unpaired) electrons. The van der Waals surface area contributed by atoms with E-state index in [0.717, 1.165) is 4.47 Å². The first-order valence-electron chi connectivity index (χ1n) is 10.4. The van der Waals surface area contributed by atoms with Gasteiger partial charge < -0.3 is 0 Å². The van der Waals surface area contributed by atoms with E-state index in [9.17, 15) is 0 Å². The molecule has 0 aliphatic rings. The van der Waals surface area contributed by atoms with E-state index < -0.39 is 0 Å². The van der Waals surface area contributed by atoms with Crippen molar-refractivity contribution in [1.82, 2.24) is 0 Å². The molecule has 0 saturated carbocycles. The number of rotatable bonds is 4. The molecule has 30 heavy (non-hydrogen) atoms. The molecule has 0 fully saturated rings. The summed E-state index contributed by atoms with van der Waals surface area (Å²) in [5.41, 5.74) is 12.0. The lowest BCUT2D eigenvalue weighted by atomic mass is 9.34. The van der Waals surface area contributed by atoms with Crippen molar-refractivity contribution in [2.24, 2.45) is 0 Å². The van der Waals surface area contributed by atoms with Gasteiger partial charge in [0.05, 0.1) is 0 Å². The summed E-state index contributed by atoms with van der Waals surface area (Å²) in [5, 5.41) is 0. The Morgan fingerprint density at radius 1 is 0.533 bits per heavy atom. The van der Waals surface area contributed by atoms with Crippen molar-refractivity contribution in [3.05, 3.63) is 112 Å². The fourth-order valence-corrected chi connectivity index (χ4v) is 4.85. The molecule has 0 aromatic heterocycles. The lowest BCUT2D eigenvalue weighted by molar-refractivity contribution is 1.41. The maximum atomic E-state index is 3.55. The summed E-state index contributed by atoms with van der Waals surface area (Å²) in [6, 6.07) is 30.9. The molecule has 0 amide bonds. The minimum atomic E-state index is 0.211. The number of aryl methyl sites for hydroxylation is 4. The average Bonchev–Trinajstić information content (AvgIpc) is 2.73. The van der Waals surface area contributed by atoms with Crippen LogP contribution in [0.15, 0.2) is 89.4 Å². The maximum absolute atomic E-state index is 3.55. The van der Waals surface area contributed by atoms with Crippen LogP contribution in [0.1, 0.15) is 22.3 Å². The van der Waals surface area contributed by atoms with E-state index in [0.29, 0.717) is 0 Å². The minimum Gasteiger partial charge on any atom is -0.0680 e. The summed E-state index contributed by atoms with van der Waals surface area (Å²) in [5.74, 6) is 0. The van der Waals surface area contributed by atoms with Crippen molar-refractivity contribution in [2.45, 2.75) is 27.7 Å². The Balaban J connectivity index is 1.96. The molecule has 4 aromatic carbocycles. The molecule has 148 valence electrons. The van der Waals surface area contributed by atoms with Crippen molar-refractivity contribution in [3.63, 3.8) is 0 Å². The van der Waals surface area contributed by atoms with Crippen LogP contribution in [-0.4, -0.2) is 6.71 Å². The summed E-state index contributed by atoms with van der Waals surface area (Å²) >= 11 is 3.55. The summed E-state index contributed by atoms with van der Waals surface area (Å²) < 4.78 is 1.10. The van der Waals surface area contributed by atoms with Gasteiger partial charge >= 0.3 is 0 Å². The van der Waals surface area contributed by atoms with Gasteiger partial charge in [-0.15, -0.1) is 0 Å². The molecule has 0 bridgehead atoms. The molecule has 0 aliphatic carbocycles. The predicted octanol–water partition coefficient (Wildman–Crippen LogP) is 5.87. The number of hydrogen-bond acceptors (Lipinski definition) is 0. The van der Waals surface area contributed by atoms with Crippen molar-refractivity contribution >= 4 is 39.0 Å². The summed E-state index contributed by atoms with van der Waals surface area (Å²) in [7, 11) is 0. The molecule has 0 N–H and O–H groups in total. The Morgan fingerprint density at radius 2 is 1.00 bits per heavy atom. The van der Waals surface area contributed by atoms with Crippen LogP contribution < -0.4 is 16.4 Å². The highest BCUT2D eigenvalue weighted by Gasteiger charge is 2.27. The number of benzene rings is 4. The highest BCUT2D eigenvalue weighted by atomic mass is 79.9. The van der Waals surface area contributed by atoms with Gasteiger partial charge in [0.15, 0.2) is 0 Å². The van der Waals surface area contributed by atoms with Crippen molar-refractivity contribution in [1.29, 1.82) is 0 Å². The van der Waals surface area contributed by atoms with Gasteiger partial charge in [-0.3, -0.25) is 0 Å². The van der Waals surface area contributed by atoms with Crippen LogP contribution in [0.25, 0.3) is 11.1 Å². The zero-order valence-corrected chi connectivity index (χ0v) is 19.6. The number of halogens is 1. The molecule has 0 saturated heterocycles. The molecule has 0 atom stereocenters. The molecule has 4 aromatic rings. The molecule has 0 unspecified atom stereocenters. The Hall–Kier alpha value is -2.58. The maximum Gasteiger partial charge on any atom is 0.242 e. The van der Waals surface area contributed by atoms with Crippen LogP contribution in [0.4, 0.5) is 0 Å². The quantitative estimate of drug-likeness (QED) is 0.340. The van der Waals surface area contributed by atoms with Gasteiger partial charge in [-0.1, -0.05) is 127 Å². The third kappa shape index (κ3) is 4.02. The highest BCUT2D eigenvalue weighted by molar-refractivity contribution is 9.10. The zero-order chi connectivity index (χ0) is 21.3. The van der Waals surface area contributed by atoms with Crippen LogP contribution in [0.3, 0.4) is 0 Å². The average molecular weight is 453 g/mol. The second kappa shape index (κ2) is 8.66. The lowest BCUT2D eigenvalue weighted by Gasteiger charge is -2.24. The largest absolute Gasteiger partial charge is 0.242 e. The van der Waals surface area contributed by atoms with E-state index >= 15 is 0 Å². The summed E-state index contributed by atoms with van der Waals surface area (Å²) in [4.78, 5) is 0. The van der Waals surface area contributed by atoms with Crippen LogP contribution in [0.5, 0.6) is 0 Å². The van der Waals surface area contributed by atoms with Gasteiger partial charge in [-0.2, -0.15) is 0 Å². The monoisotopic (exact) mass is 452 g/mol. The fraction of sp³-hybridized carbons (Fsp3) is 0.143. The van der Waals surface area contributed by atoms with E-state index in [1.807, 2.05) is 0 Å². The van der Waals surface area contributed by atoms with Crippen molar-refractivity contribution in [2.75, 3.05) is 0 Å². The Morgan fingerprint density at radius 3 is 1.50 bits per heavy atom. The first kappa shape index (κ1) is 20.7. The van der Waals surface area contributed by atoms with Crippen molar-refractivity contribution in [3.8, 4) is 11.1 Å². The minimum absolute atomic E-state index is 0.211. The molecular formula is C28H26BBr. The number of hydrogen-bond donors (Lipinski definition) is 0. The zero-order valence-electron chi connectivity index (χ0n) is 18.0. The summed E-state index contributed by atoms with van der Waals surface area (Å²) in [6.07, 6.45) is 0. The Kier molecular flexibility index (Phi) is 5.97. The Labute approximate surface area is 189 Å². The van der Waals surface area contributed by atoms with E-state index in [1.165, 1.54) is 49.8 Å². The third-order valence-corrected chi connectivity index (χ3v) is 6.59. The van der Waals surface area contributed by atoms with E-state index in [2.05, 4.69) is 129 Å². The van der Waals surface area contributed by atoms with Crippen LogP contribution in [0, 0.1) is 27.7 Å². The first-order valence-corrected chi connectivity index (χ1v) is 11.2. The smallest absolute Gasteiger partial charge is 0.0680 e. The molecule has 0 heterocycles. The molecule has 4 rings (SSSR count). The van der Waals surface area contributed by atoms with Gasteiger partial charge in [0.1, 0.15) is 0 Å². The molecular weight excluding hydrogens is 427 g/mol. The normalized spacial score (nSPS) is 10.8. The van der Waals surface area contributed by atoms with Gasteiger partial charge in [0.2, 0.25) is 6.71 Å². The van der Waals surface area contributed by atoms with Crippen LogP contribution in [0.2, 0.25) is 0 Å². The third-order valence-electron chi connectivity index (χ3n) is 6.06. The Bertz CT molecular complexity index is 1100. The van der Waals surface area contributed by atoms with E-state index in [1.54, 1.807) is 0 Å². The fourth-order valence-electron chi connectivity index (χ4n) is 4.58. The van der Waals surface area contributed by atoms with Crippen LogP contribution >= 0.6 is 15.9 Å². The topological polar surface area (TPSA) is 0 Å². The van der Waals surface area contributed by atoms with E-state index in [-0.39, 0.29) is 6.71 Å². The first-order chi connectivity index (χ1) is 14.5. The van der Waals surface area contributed by atoms with Gasteiger partial charge in [-0.25, -0.2) is 0 Å². The molecule has 0 spiro atoms. The standard InChI is InChI=1S/C28H26BBr/c1-19-8-5-9-20(2)27(19)29(28-21(3)10-6-11-22(28)4)25-13-7-12-24(18-25)23-14-16-26(30)17-15-23/h5-18H,1-4H3.